The largest absolute Gasteiger partial charge is 0.479 e. The van der Waals surface area contributed by atoms with E-state index in [1.165, 1.54) is 18.4 Å². The fourth-order valence-electron chi connectivity index (χ4n) is 7.30. The number of halogens is 3. The number of fused-ring (bicyclic) bond motifs is 2. The molecule has 2 aromatic carbocycles. The maximum Gasteiger partial charge on any atom is 0.409 e. The van der Waals surface area contributed by atoms with Gasteiger partial charge >= 0.3 is 18.6 Å². The molecule has 274 valence electrons. The number of pyridine rings is 1. The van der Waals surface area contributed by atoms with Crippen LogP contribution in [0.4, 0.5) is 13.6 Å². The van der Waals surface area contributed by atoms with Crippen LogP contribution in [0.5, 0.6) is 0 Å². The molecule has 5 aromatic rings. The minimum Gasteiger partial charge on any atom is -0.479 e. The molecule has 1 amide bonds. The minimum absolute atomic E-state index is 0.192. The smallest absolute Gasteiger partial charge is 0.409 e. The van der Waals surface area contributed by atoms with Crippen molar-refractivity contribution in [2.24, 2.45) is 0 Å². The number of amides is 1. The number of aromatic nitrogens is 4. The highest BCUT2D eigenvalue weighted by atomic mass is 35.5. The normalized spacial score (nSPS) is 16.9. The van der Waals surface area contributed by atoms with Crippen LogP contribution in [0.2, 0.25) is 5.02 Å². The molecule has 3 aromatic heterocycles. The molecule has 0 saturated carbocycles. The predicted octanol–water partition coefficient (Wildman–Crippen LogP) is 8.30. The second-order valence-corrected chi connectivity index (χ2v) is 15.8. The first-order chi connectivity index (χ1) is 24.7. The molecular formula is C37H39ClF2N6O5S. The van der Waals surface area contributed by atoms with E-state index in [2.05, 4.69) is 10.00 Å². The summed E-state index contributed by atoms with van der Waals surface area (Å²) in [5, 5.41) is 15.8. The third kappa shape index (κ3) is 6.84. The zero-order valence-electron chi connectivity index (χ0n) is 29.4. The topological polar surface area (TPSA) is 123 Å². The fourth-order valence-corrected chi connectivity index (χ4v) is 8.52. The maximum atomic E-state index is 14.5. The number of carboxylic acids is 1. The number of hydrogen-bond acceptors (Lipinski definition) is 9. The van der Waals surface area contributed by atoms with Crippen molar-refractivity contribution < 1.29 is 33.0 Å². The van der Waals surface area contributed by atoms with E-state index in [1.54, 1.807) is 29.2 Å². The number of thiazole rings is 1. The fraction of sp³-hybridized carbons (Fsp3) is 0.432. The van der Waals surface area contributed by atoms with Crippen molar-refractivity contribution in [1.82, 2.24) is 29.5 Å². The molecule has 11 nitrogen and oxygen atoms in total. The lowest BCUT2D eigenvalue weighted by molar-refractivity contribution is -0.160. The van der Waals surface area contributed by atoms with E-state index in [0.29, 0.717) is 93.7 Å². The summed E-state index contributed by atoms with van der Waals surface area (Å²) < 4.78 is 41.4. The number of methoxy groups -OCH3 is 1. The highest BCUT2D eigenvalue weighted by Crippen LogP contribution is 2.45. The minimum atomic E-state index is -2.84. The van der Waals surface area contributed by atoms with Crippen LogP contribution in [0.25, 0.3) is 43.1 Å². The van der Waals surface area contributed by atoms with Gasteiger partial charge in [0.25, 0.3) is 0 Å². The van der Waals surface area contributed by atoms with Crippen molar-refractivity contribution in [3.8, 4) is 21.8 Å². The standard InChI is InChI=1S/C37H39ClF2N6O5S/c1-19-16-26-32(28(20-6-8-22(38)9-7-20)27(19)31(34(47)48)51-37(2,3)4)52-33(42-26)25-11-10-24-29(41-25)30(46(43-24)35(39)40)21-12-14-44(15-13-21)23-17-45(18-23)36(49)50-5/h6-11,16,21,23,31,35H,12-15,17-18H2,1-5H3,(H,47,48)/t31-/m0/s1. The molecule has 0 unspecified atom stereocenters. The number of alkyl halides is 2. The monoisotopic (exact) mass is 752 g/mol. The van der Waals surface area contributed by atoms with Crippen molar-refractivity contribution in [3.63, 3.8) is 0 Å². The predicted molar refractivity (Wildman–Crippen MR) is 195 cm³/mol. The summed E-state index contributed by atoms with van der Waals surface area (Å²) in [5.74, 6) is -1.31. The Hall–Kier alpha value is -4.24. The van der Waals surface area contributed by atoms with E-state index in [-0.39, 0.29) is 18.1 Å². The number of ether oxygens (including phenoxy) is 2. The van der Waals surface area contributed by atoms with Gasteiger partial charge in [0.1, 0.15) is 16.0 Å². The van der Waals surface area contributed by atoms with E-state index in [1.807, 2.05) is 45.9 Å². The van der Waals surface area contributed by atoms with E-state index in [4.69, 9.17) is 31.0 Å². The summed E-state index contributed by atoms with van der Waals surface area (Å²) in [5.41, 5.74) is 4.22. The number of aliphatic carboxylic acids is 1. The average molecular weight is 753 g/mol. The van der Waals surface area contributed by atoms with Gasteiger partial charge in [-0.05, 0) is 95.1 Å². The second kappa shape index (κ2) is 14.0. The number of hydrogen-bond donors (Lipinski definition) is 1. The molecule has 5 heterocycles. The van der Waals surface area contributed by atoms with Gasteiger partial charge in [-0.15, -0.1) is 11.3 Å². The third-order valence-electron chi connectivity index (χ3n) is 9.73. The zero-order chi connectivity index (χ0) is 37.1. The Kier molecular flexibility index (Phi) is 9.70. The van der Waals surface area contributed by atoms with Crippen molar-refractivity contribution in [3.05, 3.63) is 64.3 Å². The number of nitrogens with zero attached hydrogens (tertiary/aromatic N) is 6. The number of rotatable bonds is 8. The first-order valence-electron chi connectivity index (χ1n) is 17.1. The molecule has 2 aliphatic heterocycles. The van der Waals surface area contributed by atoms with E-state index in [0.717, 1.165) is 14.9 Å². The van der Waals surface area contributed by atoms with Gasteiger partial charge in [-0.3, -0.25) is 4.90 Å². The van der Waals surface area contributed by atoms with Crippen LogP contribution in [0.15, 0.2) is 42.5 Å². The van der Waals surface area contributed by atoms with Crippen LogP contribution in [0, 0.1) is 6.92 Å². The van der Waals surface area contributed by atoms with Gasteiger partial charge in [-0.1, -0.05) is 23.7 Å². The lowest BCUT2D eigenvalue weighted by Gasteiger charge is -2.46. The molecule has 0 spiro atoms. The highest BCUT2D eigenvalue weighted by Gasteiger charge is 2.38. The highest BCUT2D eigenvalue weighted by molar-refractivity contribution is 7.22. The number of benzene rings is 2. The van der Waals surface area contributed by atoms with Crippen LogP contribution in [0.1, 0.15) is 69.0 Å². The zero-order valence-corrected chi connectivity index (χ0v) is 31.0. The number of aryl methyl sites for hydroxylation is 1. The molecule has 7 rings (SSSR count). The van der Waals surface area contributed by atoms with Crippen molar-refractivity contribution in [2.45, 2.75) is 70.8 Å². The van der Waals surface area contributed by atoms with Crippen LogP contribution in [-0.2, 0) is 14.3 Å². The molecular weight excluding hydrogens is 714 g/mol. The van der Waals surface area contributed by atoms with E-state index in [9.17, 15) is 23.5 Å². The Labute approximate surface area is 308 Å². The summed E-state index contributed by atoms with van der Waals surface area (Å²) in [4.78, 5) is 38.4. The molecule has 1 atom stereocenters. The second-order valence-electron chi connectivity index (χ2n) is 14.3. The number of carboxylic acid groups (broad SMARTS) is 1. The quantitative estimate of drug-likeness (QED) is 0.167. The van der Waals surface area contributed by atoms with Gasteiger partial charge < -0.3 is 19.5 Å². The number of piperidine rings is 1. The first kappa shape index (κ1) is 36.1. The lowest BCUT2D eigenvalue weighted by Crippen LogP contribution is -2.62. The first-order valence-corrected chi connectivity index (χ1v) is 18.3. The summed E-state index contributed by atoms with van der Waals surface area (Å²) in [6.07, 6.45) is -0.323. The Morgan fingerprint density at radius 1 is 1.04 bits per heavy atom. The molecule has 2 saturated heterocycles. The third-order valence-corrected chi connectivity index (χ3v) is 11.1. The van der Waals surface area contributed by atoms with Crippen molar-refractivity contribution in [2.75, 3.05) is 33.3 Å². The van der Waals surface area contributed by atoms with Gasteiger partial charge in [0.15, 0.2) is 6.10 Å². The molecule has 0 radical (unpaired) electrons. The van der Waals surface area contributed by atoms with Crippen LogP contribution in [0.3, 0.4) is 0 Å². The van der Waals surface area contributed by atoms with Gasteiger partial charge in [0.05, 0.1) is 34.3 Å². The number of carbonyl (C=O) groups excluding carboxylic acids is 1. The lowest BCUT2D eigenvalue weighted by atomic mass is 9.91. The average Bonchev–Trinajstić information content (AvgIpc) is 3.68. The Morgan fingerprint density at radius 3 is 2.35 bits per heavy atom. The Bertz CT molecular complexity index is 2150. The maximum absolute atomic E-state index is 14.5. The molecule has 52 heavy (non-hydrogen) atoms. The molecule has 0 aliphatic carbocycles. The molecule has 1 N–H and O–H groups in total. The van der Waals surface area contributed by atoms with E-state index < -0.39 is 24.2 Å². The van der Waals surface area contributed by atoms with Gasteiger partial charge in [0.2, 0.25) is 0 Å². The number of likely N-dealkylation sites (tertiary alicyclic amines) is 2. The van der Waals surface area contributed by atoms with E-state index >= 15 is 0 Å². The van der Waals surface area contributed by atoms with Crippen LogP contribution in [-0.4, -0.2) is 91.6 Å². The molecule has 15 heteroatoms. The summed E-state index contributed by atoms with van der Waals surface area (Å²) in [6, 6.07) is 12.7. The van der Waals surface area contributed by atoms with Gasteiger partial charge in [-0.2, -0.15) is 13.9 Å². The summed E-state index contributed by atoms with van der Waals surface area (Å²) in [7, 11) is 1.37. The van der Waals surface area contributed by atoms with Gasteiger partial charge in [-0.25, -0.2) is 24.2 Å². The van der Waals surface area contributed by atoms with Crippen molar-refractivity contribution in [1.29, 1.82) is 0 Å². The summed E-state index contributed by atoms with van der Waals surface area (Å²) >= 11 is 7.60. The molecule has 2 aliphatic rings. The van der Waals surface area contributed by atoms with Crippen LogP contribution < -0.4 is 0 Å². The van der Waals surface area contributed by atoms with Crippen LogP contribution >= 0.6 is 22.9 Å². The molecule has 0 bridgehead atoms. The number of carbonyl (C=O) groups is 2. The summed E-state index contributed by atoms with van der Waals surface area (Å²) in [6.45, 7) is 7.01. The van der Waals surface area contributed by atoms with Crippen molar-refractivity contribution >= 4 is 56.3 Å². The van der Waals surface area contributed by atoms with Gasteiger partial charge in [0, 0.05) is 41.2 Å². The Morgan fingerprint density at radius 2 is 1.73 bits per heavy atom. The molecule has 2 fully saturated rings. The Balaban J connectivity index is 1.28. The SMILES string of the molecule is COC(=O)N1CC(N2CCC(c3c4nc(-c5nc6cc(C)c([C@H](OC(C)(C)C)C(=O)O)c(-c7ccc(Cl)cc7)c6s5)ccc4nn3C(F)F)CC2)C1.